The fourth-order valence-electron chi connectivity index (χ4n) is 2.22. The molecule has 0 radical (unpaired) electrons. The number of phenolic OH excluding ortho intramolecular Hbond substituents is 1. The Hall–Kier alpha value is -2.87. The first-order valence-corrected chi connectivity index (χ1v) is 8.40. The Morgan fingerprint density at radius 2 is 1.85 bits per heavy atom. The Bertz CT molecular complexity index is 861. The first-order chi connectivity index (χ1) is 12.3. The van der Waals surface area contributed by atoms with Crippen molar-refractivity contribution in [3.63, 3.8) is 0 Å². The second kappa shape index (κ2) is 8.48. The van der Waals surface area contributed by atoms with Crippen LogP contribution in [0.2, 0.25) is 0 Å². The van der Waals surface area contributed by atoms with Gasteiger partial charge in [-0.1, -0.05) is 18.2 Å². The standard InChI is InChI=1S/C18H18BrN3O4/c1-10-5-4-6-11(2)15(10)21-17(24)18(25)22-20-9-12-7-13(19)16(23)14(8-12)26-3/h4-9,23H,1-3H3,(H,21,24)(H,22,25)/b20-9-. The molecular weight excluding hydrogens is 402 g/mol. The van der Waals surface area contributed by atoms with Crippen molar-refractivity contribution in [3.05, 3.63) is 51.5 Å². The highest BCUT2D eigenvalue weighted by molar-refractivity contribution is 9.10. The van der Waals surface area contributed by atoms with Crippen LogP contribution in [0.1, 0.15) is 16.7 Å². The van der Waals surface area contributed by atoms with Crippen molar-refractivity contribution in [3.8, 4) is 11.5 Å². The summed E-state index contributed by atoms with van der Waals surface area (Å²) in [5.74, 6) is -1.50. The van der Waals surface area contributed by atoms with E-state index in [0.717, 1.165) is 11.1 Å². The average Bonchev–Trinajstić information content (AvgIpc) is 2.60. The maximum atomic E-state index is 12.0. The number of ether oxygens (including phenoxy) is 1. The van der Waals surface area contributed by atoms with Crippen molar-refractivity contribution >= 4 is 39.6 Å². The Morgan fingerprint density at radius 1 is 1.19 bits per heavy atom. The summed E-state index contributed by atoms with van der Waals surface area (Å²) in [7, 11) is 1.42. The van der Waals surface area contributed by atoms with Gasteiger partial charge in [0.1, 0.15) is 0 Å². The fraction of sp³-hybridized carbons (Fsp3) is 0.167. The van der Waals surface area contributed by atoms with Crippen LogP contribution >= 0.6 is 15.9 Å². The second-order valence-corrected chi connectivity index (χ2v) is 6.33. The van der Waals surface area contributed by atoms with E-state index in [-0.39, 0.29) is 11.5 Å². The molecular formula is C18H18BrN3O4. The number of benzene rings is 2. The van der Waals surface area contributed by atoms with Gasteiger partial charge in [-0.3, -0.25) is 9.59 Å². The molecule has 0 aliphatic rings. The van der Waals surface area contributed by atoms with Crippen molar-refractivity contribution in [1.29, 1.82) is 0 Å². The molecule has 0 saturated heterocycles. The van der Waals surface area contributed by atoms with Gasteiger partial charge < -0.3 is 15.2 Å². The number of hydrazone groups is 1. The van der Waals surface area contributed by atoms with E-state index < -0.39 is 11.8 Å². The van der Waals surface area contributed by atoms with E-state index in [1.807, 2.05) is 32.0 Å². The van der Waals surface area contributed by atoms with Gasteiger partial charge >= 0.3 is 11.8 Å². The highest BCUT2D eigenvalue weighted by Crippen LogP contribution is 2.34. The highest BCUT2D eigenvalue weighted by atomic mass is 79.9. The van der Waals surface area contributed by atoms with E-state index in [4.69, 9.17) is 4.74 Å². The molecule has 0 aliphatic heterocycles. The number of aryl methyl sites for hydroxylation is 2. The molecule has 136 valence electrons. The number of hydrogen-bond acceptors (Lipinski definition) is 5. The molecule has 0 unspecified atom stereocenters. The largest absolute Gasteiger partial charge is 0.503 e. The fourth-order valence-corrected chi connectivity index (χ4v) is 2.68. The summed E-state index contributed by atoms with van der Waals surface area (Å²) in [6.07, 6.45) is 1.33. The van der Waals surface area contributed by atoms with E-state index in [0.29, 0.717) is 15.7 Å². The van der Waals surface area contributed by atoms with Gasteiger partial charge in [0.15, 0.2) is 11.5 Å². The number of phenols is 1. The molecule has 2 aromatic rings. The van der Waals surface area contributed by atoms with E-state index in [2.05, 4.69) is 31.8 Å². The van der Waals surface area contributed by atoms with Crippen LogP contribution in [0.5, 0.6) is 11.5 Å². The van der Waals surface area contributed by atoms with Crippen molar-refractivity contribution in [2.45, 2.75) is 13.8 Å². The summed E-state index contributed by atoms with van der Waals surface area (Å²) in [6.45, 7) is 3.68. The number of nitrogens with one attached hydrogen (secondary N) is 2. The molecule has 0 aromatic heterocycles. The molecule has 2 rings (SSSR count). The number of nitrogens with zero attached hydrogens (tertiary/aromatic N) is 1. The molecule has 0 spiro atoms. The van der Waals surface area contributed by atoms with Crippen molar-refractivity contribution in [2.24, 2.45) is 5.10 Å². The molecule has 7 nitrogen and oxygen atoms in total. The minimum Gasteiger partial charge on any atom is -0.503 e. The van der Waals surface area contributed by atoms with Crippen LogP contribution in [0, 0.1) is 13.8 Å². The van der Waals surface area contributed by atoms with Crippen LogP contribution < -0.4 is 15.5 Å². The van der Waals surface area contributed by atoms with Gasteiger partial charge in [-0.05, 0) is 58.6 Å². The third-order valence-electron chi connectivity index (χ3n) is 3.58. The first kappa shape index (κ1) is 19.5. The molecule has 0 saturated carbocycles. The van der Waals surface area contributed by atoms with Crippen molar-refractivity contribution < 1.29 is 19.4 Å². The summed E-state index contributed by atoms with van der Waals surface area (Å²) in [4.78, 5) is 23.9. The van der Waals surface area contributed by atoms with Gasteiger partial charge in [0.25, 0.3) is 0 Å². The van der Waals surface area contributed by atoms with Gasteiger partial charge in [0, 0.05) is 5.69 Å². The smallest absolute Gasteiger partial charge is 0.329 e. The predicted molar refractivity (Wildman–Crippen MR) is 103 cm³/mol. The number of carbonyl (C=O) groups is 2. The zero-order valence-electron chi connectivity index (χ0n) is 14.5. The van der Waals surface area contributed by atoms with Crippen LogP contribution in [0.15, 0.2) is 39.9 Å². The van der Waals surface area contributed by atoms with E-state index in [1.165, 1.54) is 19.4 Å². The number of amides is 2. The Kier molecular flexibility index (Phi) is 6.35. The minimum absolute atomic E-state index is 0.0401. The predicted octanol–water partition coefficient (Wildman–Crippen LogP) is 2.87. The zero-order chi connectivity index (χ0) is 19.3. The average molecular weight is 420 g/mol. The highest BCUT2D eigenvalue weighted by Gasteiger charge is 2.15. The van der Waals surface area contributed by atoms with Gasteiger partial charge in [-0.25, -0.2) is 5.43 Å². The van der Waals surface area contributed by atoms with Crippen LogP contribution in [0.25, 0.3) is 0 Å². The molecule has 0 fully saturated rings. The lowest BCUT2D eigenvalue weighted by Crippen LogP contribution is -2.32. The van der Waals surface area contributed by atoms with Gasteiger partial charge in [-0.2, -0.15) is 5.10 Å². The lowest BCUT2D eigenvalue weighted by Gasteiger charge is -2.10. The Labute approximate surface area is 159 Å². The lowest BCUT2D eigenvalue weighted by molar-refractivity contribution is -0.136. The number of halogens is 1. The van der Waals surface area contributed by atoms with Crippen molar-refractivity contribution in [2.75, 3.05) is 12.4 Å². The molecule has 26 heavy (non-hydrogen) atoms. The topological polar surface area (TPSA) is 100 Å². The van der Waals surface area contributed by atoms with Crippen LogP contribution in [0.3, 0.4) is 0 Å². The number of hydrogen-bond donors (Lipinski definition) is 3. The maximum Gasteiger partial charge on any atom is 0.329 e. The van der Waals surface area contributed by atoms with Crippen molar-refractivity contribution in [1.82, 2.24) is 5.43 Å². The van der Waals surface area contributed by atoms with E-state index in [1.54, 1.807) is 6.07 Å². The molecule has 3 N–H and O–H groups in total. The summed E-state index contributed by atoms with van der Waals surface area (Å²) in [5.41, 5.74) is 5.03. The molecule has 0 heterocycles. The number of carbonyl (C=O) groups excluding carboxylic acids is 2. The maximum absolute atomic E-state index is 12.0. The number of methoxy groups -OCH3 is 1. The molecule has 0 aliphatic carbocycles. The lowest BCUT2D eigenvalue weighted by atomic mass is 10.1. The molecule has 2 aromatic carbocycles. The second-order valence-electron chi connectivity index (χ2n) is 5.47. The van der Waals surface area contributed by atoms with E-state index in [9.17, 15) is 14.7 Å². The zero-order valence-corrected chi connectivity index (χ0v) is 16.0. The molecule has 0 bridgehead atoms. The molecule has 2 amide bonds. The summed E-state index contributed by atoms with van der Waals surface area (Å²) < 4.78 is 5.44. The van der Waals surface area contributed by atoms with Crippen LogP contribution in [-0.2, 0) is 9.59 Å². The molecule has 8 heteroatoms. The van der Waals surface area contributed by atoms with E-state index >= 15 is 0 Å². The normalized spacial score (nSPS) is 10.6. The van der Waals surface area contributed by atoms with Gasteiger partial charge in [0.05, 0.1) is 17.8 Å². The van der Waals surface area contributed by atoms with Gasteiger partial charge in [0.2, 0.25) is 0 Å². The third kappa shape index (κ3) is 4.60. The van der Waals surface area contributed by atoms with Crippen LogP contribution in [0.4, 0.5) is 5.69 Å². The quantitative estimate of drug-likeness (QED) is 0.402. The number of aromatic hydroxyl groups is 1. The van der Waals surface area contributed by atoms with Crippen LogP contribution in [-0.4, -0.2) is 30.2 Å². The summed E-state index contributed by atoms with van der Waals surface area (Å²) in [5, 5.41) is 16.1. The number of anilines is 1. The monoisotopic (exact) mass is 419 g/mol. The summed E-state index contributed by atoms with van der Waals surface area (Å²) >= 11 is 3.19. The minimum atomic E-state index is -0.895. The Morgan fingerprint density at radius 3 is 2.46 bits per heavy atom. The SMILES string of the molecule is COc1cc(/C=N\NC(=O)C(=O)Nc2c(C)cccc2C)cc(Br)c1O. The number of para-hydroxylation sites is 1. The third-order valence-corrected chi connectivity index (χ3v) is 4.18. The first-order valence-electron chi connectivity index (χ1n) is 7.60. The molecule has 0 atom stereocenters. The summed E-state index contributed by atoms with van der Waals surface area (Å²) in [6, 6.07) is 8.68. The van der Waals surface area contributed by atoms with Gasteiger partial charge in [-0.15, -0.1) is 0 Å². The Balaban J connectivity index is 2.03. The number of rotatable bonds is 4.